The Bertz CT molecular complexity index is 756. The van der Waals surface area contributed by atoms with Crippen LogP contribution in [0.3, 0.4) is 0 Å². The number of nitrogens with one attached hydrogen (secondary N) is 1. The summed E-state index contributed by atoms with van der Waals surface area (Å²) in [6.45, 7) is 0. The molecule has 1 heterocycles. The van der Waals surface area contributed by atoms with Crippen molar-refractivity contribution >= 4 is 17.3 Å². The molecule has 0 aromatic heterocycles. The number of hydrogen-bond acceptors (Lipinski definition) is 5. The molecule has 2 aromatic rings. The van der Waals surface area contributed by atoms with Crippen molar-refractivity contribution in [2.45, 2.75) is 12.5 Å². The number of ether oxygens (including phenoxy) is 2. The van der Waals surface area contributed by atoms with Gasteiger partial charge in [0.2, 0.25) is 6.10 Å². The standard InChI is InChI=1S/C18H18N2O4/c1-22-14-8-6-12(7-9-14)16-11-17(24-20-16)18(21)19-13-4-3-5-15(10-13)23-2/h3-10,17H,11H2,1-2H3,(H,19,21). The normalized spacial score (nSPS) is 16.1. The van der Waals surface area contributed by atoms with E-state index in [1.807, 2.05) is 36.4 Å². The van der Waals surface area contributed by atoms with Gasteiger partial charge in [0, 0.05) is 18.2 Å². The lowest BCUT2D eigenvalue weighted by atomic mass is 10.0. The molecule has 1 aliphatic rings. The molecule has 1 atom stereocenters. The van der Waals surface area contributed by atoms with E-state index in [1.54, 1.807) is 26.4 Å². The van der Waals surface area contributed by atoms with Crippen molar-refractivity contribution in [2.24, 2.45) is 5.16 Å². The first-order chi connectivity index (χ1) is 11.7. The van der Waals surface area contributed by atoms with Crippen molar-refractivity contribution in [2.75, 3.05) is 19.5 Å². The third-order valence-corrected chi connectivity index (χ3v) is 3.72. The fourth-order valence-electron chi connectivity index (χ4n) is 2.40. The minimum atomic E-state index is -0.645. The van der Waals surface area contributed by atoms with E-state index in [9.17, 15) is 4.79 Å². The van der Waals surface area contributed by atoms with E-state index in [2.05, 4.69) is 10.5 Å². The van der Waals surface area contributed by atoms with Gasteiger partial charge < -0.3 is 19.6 Å². The zero-order valence-corrected chi connectivity index (χ0v) is 13.5. The van der Waals surface area contributed by atoms with Crippen LogP contribution in [-0.4, -0.2) is 31.9 Å². The lowest BCUT2D eigenvalue weighted by Gasteiger charge is -2.10. The first-order valence-corrected chi connectivity index (χ1v) is 7.51. The Hall–Kier alpha value is -3.02. The van der Waals surface area contributed by atoms with Gasteiger partial charge in [-0.2, -0.15) is 0 Å². The van der Waals surface area contributed by atoms with Gasteiger partial charge in [0.1, 0.15) is 11.5 Å². The SMILES string of the molecule is COc1ccc(C2=NOC(C(=O)Nc3cccc(OC)c3)C2)cc1. The van der Waals surface area contributed by atoms with Crippen LogP contribution in [0.25, 0.3) is 0 Å². The van der Waals surface area contributed by atoms with Gasteiger partial charge in [-0.15, -0.1) is 0 Å². The Kier molecular flexibility index (Phi) is 4.65. The first-order valence-electron chi connectivity index (χ1n) is 7.51. The van der Waals surface area contributed by atoms with Crippen molar-refractivity contribution in [3.8, 4) is 11.5 Å². The highest BCUT2D eigenvalue weighted by molar-refractivity contribution is 6.06. The number of benzene rings is 2. The maximum Gasteiger partial charge on any atom is 0.268 e. The molecule has 1 N–H and O–H groups in total. The average Bonchev–Trinajstić information content (AvgIpc) is 3.12. The zero-order valence-electron chi connectivity index (χ0n) is 13.5. The molecule has 0 aliphatic carbocycles. The largest absolute Gasteiger partial charge is 0.497 e. The topological polar surface area (TPSA) is 69.2 Å². The summed E-state index contributed by atoms with van der Waals surface area (Å²) in [5.41, 5.74) is 2.30. The monoisotopic (exact) mass is 326 g/mol. The van der Waals surface area contributed by atoms with Gasteiger partial charge in [0.05, 0.1) is 19.9 Å². The summed E-state index contributed by atoms with van der Waals surface area (Å²) >= 11 is 0. The molecule has 0 saturated heterocycles. The molecule has 0 radical (unpaired) electrons. The Morgan fingerprint density at radius 1 is 1.12 bits per heavy atom. The number of hydrogen-bond donors (Lipinski definition) is 1. The lowest BCUT2D eigenvalue weighted by molar-refractivity contribution is -0.125. The summed E-state index contributed by atoms with van der Waals surface area (Å²) in [5.74, 6) is 1.21. The Morgan fingerprint density at radius 2 is 1.88 bits per heavy atom. The number of amides is 1. The van der Waals surface area contributed by atoms with Crippen LogP contribution in [-0.2, 0) is 9.63 Å². The maximum absolute atomic E-state index is 12.3. The Balaban J connectivity index is 1.62. The van der Waals surface area contributed by atoms with E-state index in [0.29, 0.717) is 17.9 Å². The fourth-order valence-corrected chi connectivity index (χ4v) is 2.40. The summed E-state index contributed by atoms with van der Waals surface area (Å²) in [6, 6.07) is 14.6. The Morgan fingerprint density at radius 3 is 2.58 bits per heavy atom. The number of carbonyl (C=O) groups is 1. The third kappa shape index (κ3) is 3.48. The maximum atomic E-state index is 12.3. The van der Waals surface area contributed by atoms with Crippen LogP contribution in [0, 0.1) is 0 Å². The van der Waals surface area contributed by atoms with Crippen molar-refractivity contribution in [1.29, 1.82) is 0 Å². The second kappa shape index (κ2) is 7.04. The summed E-state index contributed by atoms with van der Waals surface area (Å²) < 4.78 is 10.3. The molecule has 6 nitrogen and oxygen atoms in total. The number of carbonyl (C=O) groups excluding carboxylic acids is 1. The third-order valence-electron chi connectivity index (χ3n) is 3.72. The lowest BCUT2D eigenvalue weighted by Crippen LogP contribution is -2.28. The molecule has 1 aliphatic heterocycles. The highest BCUT2D eigenvalue weighted by Crippen LogP contribution is 2.22. The number of oxime groups is 1. The van der Waals surface area contributed by atoms with E-state index in [0.717, 1.165) is 17.0 Å². The van der Waals surface area contributed by atoms with E-state index < -0.39 is 6.10 Å². The molecule has 1 unspecified atom stereocenters. The second-order valence-electron chi connectivity index (χ2n) is 5.29. The molecule has 2 aromatic carbocycles. The van der Waals surface area contributed by atoms with Gasteiger partial charge in [-0.3, -0.25) is 4.79 Å². The Labute approximate surface area is 140 Å². The van der Waals surface area contributed by atoms with Crippen LogP contribution in [0.1, 0.15) is 12.0 Å². The number of methoxy groups -OCH3 is 2. The van der Waals surface area contributed by atoms with Gasteiger partial charge in [-0.05, 0) is 42.0 Å². The predicted octanol–water partition coefficient (Wildman–Crippen LogP) is 2.84. The summed E-state index contributed by atoms with van der Waals surface area (Å²) in [5, 5.41) is 6.84. The highest BCUT2D eigenvalue weighted by atomic mass is 16.6. The van der Waals surface area contributed by atoms with Gasteiger partial charge in [-0.25, -0.2) is 0 Å². The molecule has 0 saturated carbocycles. The summed E-state index contributed by atoms with van der Waals surface area (Å²) in [6.07, 6.45) is -0.226. The van der Waals surface area contributed by atoms with Gasteiger partial charge >= 0.3 is 0 Å². The van der Waals surface area contributed by atoms with Crippen molar-refractivity contribution < 1.29 is 19.1 Å². The average molecular weight is 326 g/mol. The van der Waals surface area contributed by atoms with Crippen molar-refractivity contribution in [3.05, 3.63) is 54.1 Å². The van der Waals surface area contributed by atoms with Gasteiger partial charge in [-0.1, -0.05) is 11.2 Å². The van der Waals surface area contributed by atoms with E-state index in [-0.39, 0.29) is 5.91 Å². The molecule has 1 amide bonds. The van der Waals surface area contributed by atoms with Crippen molar-refractivity contribution in [1.82, 2.24) is 0 Å². The van der Waals surface area contributed by atoms with Crippen LogP contribution in [0.5, 0.6) is 11.5 Å². The van der Waals surface area contributed by atoms with Crippen molar-refractivity contribution in [3.63, 3.8) is 0 Å². The first kappa shape index (κ1) is 15.9. The van der Waals surface area contributed by atoms with Crippen LogP contribution < -0.4 is 14.8 Å². The molecule has 0 spiro atoms. The van der Waals surface area contributed by atoms with E-state index in [1.165, 1.54) is 0 Å². The number of rotatable bonds is 5. The van der Waals surface area contributed by atoms with Gasteiger partial charge in [0.15, 0.2) is 0 Å². The molecule has 0 fully saturated rings. The smallest absolute Gasteiger partial charge is 0.268 e. The second-order valence-corrected chi connectivity index (χ2v) is 5.29. The fraction of sp³-hybridized carbons (Fsp3) is 0.222. The quantitative estimate of drug-likeness (QED) is 0.917. The van der Waals surface area contributed by atoms with Crippen LogP contribution in [0.15, 0.2) is 53.7 Å². The minimum Gasteiger partial charge on any atom is -0.497 e. The summed E-state index contributed by atoms with van der Waals surface area (Å²) in [4.78, 5) is 17.6. The van der Waals surface area contributed by atoms with Crippen LogP contribution in [0.2, 0.25) is 0 Å². The highest BCUT2D eigenvalue weighted by Gasteiger charge is 2.29. The van der Waals surface area contributed by atoms with Crippen LogP contribution >= 0.6 is 0 Å². The molecule has 124 valence electrons. The molecule has 6 heteroatoms. The predicted molar refractivity (Wildman–Crippen MR) is 90.6 cm³/mol. The zero-order chi connectivity index (χ0) is 16.9. The van der Waals surface area contributed by atoms with Crippen LogP contribution in [0.4, 0.5) is 5.69 Å². The van der Waals surface area contributed by atoms with E-state index in [4.69, 9.17) is 14.3 Å². The molecule has 0 bridgehead atoms. The number of nitrogens with zero attached hydrogens (tertiary/aromatic N) is 1. The summed E-state index contributed by atoms with van der Waals surface area (Å²) in [7, 11) is 3.19. The number of anilines is 1. The molecule has 3 rings (SSSR count). The molecular weight excluding hydrogens is 308 g/mol. The van der Waals surface area contributed by atoms with E-state index >= 15 is 0 Å². The molecule has 24 heavy (non-hydrogen) atoms. The molecular formula is C18H18N2O4. The minimum absolute atomic E-state index is 0.240. The van der Waals surface area contributed by atoms with Gasteiger partial charge in [0.25, 0.3) is 5.91 Å².